The van der Waals surface area contributed by atoms with Crippen LogP contribution < -0.4 is 37.2 Å². The molecular weight excluding hydrogens is 911 g/mol. The SMILES string of the molecule is C=C(NC(C)CCC=O)NC(C)CCC(=O)NC(C)(C)CC(C)(C)CC(=O)NC(Cc1ccccc1)C(=O)NC(CCC(=O)NCC(NC)C(=O)N(C)C(CC(=O)O)C(=O)N(C)CCSC)C(=O)O. The summed E-state index contributed by atoms with van der Waals surface area (Å²) in [5.41, 5.74) is -0.686. The van der Waals surface area contributed by atoms with Gasteiger partial charge in [0.1, 0.15) is 30.5 Å². The summed E-state index contributed by atoms with van der Waals surface area (Å²) in [4.78, 5) is 117. The van der Waals surface area contributed by atoms with E-state index in [1.165, 1.54) is 37.8 Å². The van der Waals surface area contributed by atoms with E-state index < -0.39 is 83.0 Å². The van der Waals surface area contributed by atoms with Crippen LogP contribution in [0, 0.1) is 5.41 Å². The van der Waals surface area contributed by atoms with E-state index >= 15 is 0 Å². The number of carbonyl (C=O) groups excluding carboxylic acids is 7. The lowest BCUT2D eigenvalue weighted by atomic mass is 9.77. The molecule has 1 aromatic carbocycles. The summed E-state index contributed by atoms with van der Waals surface area (Å²) in [5, 5.41) is 39.7. The van der Waals surface area contributed by atoms with E-state index in [9.17, 15) is 53.4 Å². The topological polar surface area (TPSA) is 285 Å². The maximum Gasteiger partial charge on any atom is 0.326 e. The van der Waals surface area contributed by atoms with Gasteiger partial charge in [0, 0.05) is 82.7 Å². The van der Waals surface area contributed by atoms with Crippen molar-refractivity contribution in [3.05, 3.63) is 48.3 Å². The zero-order chi connectivity index (χ0) is 52.5. The molecule has 1 rings (SSSR count). The van der Waals surface area contributed by atoms with Gasteiger partial charge in [0.2, 0.25) is 35.4 Å². The average Bonchev–Trinajstić information content (AvgIpc) is 3.25. The van der Waals surface area contributed by atoms with Gasteiger partial charge in [0.05, 0.1) is 12.2 Å². The Morgan fingerprint density at radius 3 is 1.97 bits per heavy atom. The number of carbonyl (C=O) groups is 9. The van der Waals surface area contributed by atoms with E-state index in [0.29, 0.717) is 49.4 Å². The number of amides is 6. The summed E-state index contributed by atoms with van der Waals surface area (Å²) < 4.78 is 0. The summed E-state index contributed by atoms with van der Waals surface area (Å²) >= 11 is 1.50. The van der Waals surface area contributed by atoms with Crippen molar-refractivity contribution in [3.8, 4) is 0 Å². The van der Waals surface area contributed by atoms with Crippen molar-refractivity contribution >= 4 is 65.4 Å². The summed E-state index contributed by atoms with van der Waals surface area (Å²) in [7, 11) is 4.28. The highest BCUT2D eigenvalue weighted by Gasteiger charge is 2.36. The van der Waals surface area contributed by atoms with Crippen LogP contribution in [0.25, 0.3) is 0 Å². The maximum absolute atomic E-state index is 13.8. The van der Waals surface area contributed by atoms with Crippen molar-refractivity contribution in [1.29, 1.82) is 0 Å². The van der Waals surface area contributed by atoms with E-state index in [1.807, 2.05) is 47.8 Å². The van der Waals surface area contributed by atoms with Gasteiger partial charge in [0.25, 0.3) is 0 Å². The molecule has 388 valence electrons. The van der Waals surface area contributed by atoms with Crippen molar-refractivity contribution < 1.29 is 53.4 Å². The lowest BCUT2D eigenvalue weighted by Gasteiger charge is -2.36. The molecule has 6 unspecified atom stereocenters. The number of aliphatic carboxylic acids is 2. The van der Waals surface area contributed by atoms with Gasteiger partial charge in [-0.2, -0.15) is 11.8 Å². The quantitative estimate of drug-likeness (QED) is 0.0439. The Morgan fingerprint density at radius 1 is 0.797 bits per heavy atom. The summed E-state index contributed by atoms with van der Waals surface area (Å²) in [6, 6.07) is 3.74. The lowest BCUT2D eigenvalue weighted by Crippen LogP contribution is -2.56. The van der Waals surface area contributed by atoms with Gasteiger partial charge in [-0.1, -0.05) is 50.8 Å². The Labute approximate surface area is 412 Å². The third kappa shape index (κ3) is 24.9. The van der Waals surface area contributed by atoms with E-state index in [1.54, 1.807) is 30.3 Å². The highest BCUT2D eigenvalue weighted by molar-refractivity contribution is 7.98. The van der Waals surface area contributed by atoms with Crippen LogP contribution in [-0.4, -0.2) is 162 Å². The first-order valence-corrected chi connectivity index (χ1v) is 24.6. The van der Waals surface area contributed by atoms with Gasteiger partial charge >= 0.3 is 11.9 Å². The molecule has 21 heteroatoms. The largest absolute Gasteiger partial charge is 0.481 e. The minimum absolute atomic E-state index is 0.0317. The second-order valence-corrected chi connectivity index (χ2v) is 20.0. The number of nitrogens with zero attached hydrogens (tertiary/aromatic N) is 2. The molecule has 9 N–H and O–H groups in total. The maximum atomic E-state index is 13.8. The predicted molar refractivity (Wildman–Crippen MR) is 266 cm³/mol. The number of carboxylic acids is 2. The number of aldehydes is 1. The van der Waals surface area contributed by atoms with E-state index in [4.69, 9.17) is 0 Å². The first-order valence-electron chi connectivity index (χ1n) is 23.2. The van der Waals surface area contributed by atoms with Gasteiger partial charge in [-0.15, -0.1) is 0 Å². The number of benzene rings is 1. The van der Waals surface area contributed by atoms with Crippen LogP contribution in [0.4, 0.5) is 0 Å². The Kier molecular flexibility index (Phi) is 27.3. The normalized spacial score (nSPS) is 14.0. The fourth-order valence-electron chi connectivity index (χ4n) is 7.90. The number of nitrogens with one attached hydrogen (secondary N) is 7. The Morgan fingerprint density at radius 2 is 1.41 bits per heavy atom. The van der Waals surface area contributed by atoms with E-state index in [0.717, 1.165) is 11.2 Å². The minimum Gasteiger partial charge on any atom is -0.481 e. The number of hydrogen-bond donors (Lipinski definition) is 9. The fourth-order valence-corrected chi connectivity index (χ4v) is 8.35. The van der Waals surface area contributed by atoms with Crippen molar-refractivity contribution in [2.45, 2.75) is 148 Å². The Bertz CT molecular complexity index is 1880. The molecule has 0 saturated carbocycles. The second-order valence-electron chi connectivity index (χ2n) is 19.0. The molecule has 0 aliphatic carbocycles. The number of likely N-dealkylation sites (N-methyl/N-ethyl adjacent to an activating group) is 3. The monoisotopic (exact) mass is 990 g/mol. The molecule has 69 heavy (non-hydrogen) atoms. The zero-order valence-electron chi connectivity index (χ0n) is 42.2. The van der Waals surface area contributed by atoms with Crippen molar-refractivity contribution in [2.24, 2.45) is 5.41 Å². The fraction of sp³-hybridized carbons (Fsp3) is 0.646. The zero-order valence-corrected chi connectivity index (χ0v) is 43.0. The average molecular weight is 990 g/mol. The minimum atomic E-state index is -1.53. The third-order valence-electron chi connectivity index (χ3n) is 11.2. The van der Waals surface area contributed by atoms with Crippen LogP contribution in [-0.2, 0) is 49.6 Å². The summed E-state index contributed by atoms with van der Waals surface area (Å²) in [6.07, 6.45) is 3.66. The molecule has 0 aliphatic heterocycles. The van der Waals surface area contributed by atoms with Gasteiger partial charge in [0.15, 0.2) is 0 Å². The standard InChI is InChI=1S/C48H79N9O11S/c1-31(16-15-24-58)51-33(3)52-32(2)19-21-40(60)55-48(6,7)30-47(4,5)28-41(61)53-36(26-34-17-13-12-14-18-34)43(64)54-35(46(67)68)20-22-39(59)50-29-37(49-8)44(65)57(10)38(27-42(62)63)45(66)56(9)23-25-69-11/h12-14,17-18,24,31-32,35-38,49,51-52H,3,15-16,19-23,25-30H2,1-2,4-11H3,(H,50,59)(H,53,61)(H,54,64)(H,55,60)(H,62,63)(H,67,68). The first-order chi connectivity index (χ1) is 32.2. The summed E-state index contributed by atoms with van der Waals surface area (Å²) in [5.74, 6) is -4.76. The molecule has 0 spiro atoms. The van der Waals surface area contributed by atoms with Crippen LogP contribution in [0.15, 0.2) is 42.7 Å². The number of carboxylic acid groups (broad SMARTS) is 2. The summed E-state index contributed by atoms with van der Waals surface area (Å²) in [6.45, 7) is 15.4. The molecule has 6 atom stereocenters. The smallest absolute Gasteiger partial charge is 0.326 e. The Balaban J connectivity index is 2.95. The highest BCUT2D eigenvalue weighted by Crippen LogP contribution is 2.31. The number of rotatable bonds is 35. The molecule has 0 saturated heterocycles. The van der Waals surface area contributed by atoms with E-state index in [2.05, 4.69) is 43.8 Å². The highest BCUT2D eigenvalue weighted by atomic mass is 32.2. The van der Waals surface area contributed by atoms with Crippen molar-refractivity contribution in [2.75, 3.05) is 46.2 Å². The molecule has 0 radical (unpaired) electrons. The Hall–Kier alpha value is -5.70. The van der Waals surface area contributed by atoms with Crippen LogP contribution in [0.5, 0.6) is 0 Å². The molecule has 0 aliphatic rings. The third-order valence-corrected chi connectivity index (χ3v) is 11.8. The van der Waals surface area contributed by atoms with Crippen molar-refractivity contribution in [3.63, 3.8) is 0 Å². The number of thioether (sulfide) groups is 1. The molecule has 0 fully saturated rings. The molecule has 0 bridgehead atoms. The first kappa shape index (κ1) is 61.3. The molecule has 1 aromatic rings. The molecule has 6 amide bonds. The lowest BCUT2D eigenvalue weighted by molar-refractivity contribution is -0.149. The van der Waals surface area contributed by atoms with Crippen LogP contribution in [0.2, 0.25) is 0 Å². The van der Waals surface area contributed by atoms with Gasteiger partial charge < -0.3 is 62.0 Å². The van der Waals surface area contributed by atoms with Crippen molar-refractivity contribution in [1.82, 2.24) is 47.0 Å². The van der Waals surface area contributed by atoms with Gasteiger partial charge in [-0.3, -0.25) is 33.6 Å². The molecular formula is C48H79N9O11S. The van der Waals surface area contributed by atoms with Crippen LogP contribution in [0.3, 0.4) is 0 Å². The van der Waals surface area contributed by atoms with Gasteiger partial charge in [-0.05, 0) is 77.7 Å². The number of hydrogen-bond acceptors (Lipinski definition) is 13. The second kappa shape index (κ2) is 30.7. The van der Waals surface area contributed by atoms with Crippen LogP contribution >= 0.6 is 11.8 Å². The van der Waals surface area contributed by atoms with Gasteiger partial charge in [-0.25, -0.2) is 4.79 Å². The van der Waals surface area contributed by atoms with Crippen LogP contribution in [0.1, 0.15) is 105 Å². The van der Waals surface area contributed by atoms with E-state index in [-0.39, 0.29) is 56.6 Å². The predicted octanol–water partition coefficient (Wildman–Crippen LogP) is 1.78. The molecule has 0 heterocycles. The molecule has 20 nitrogen and oxygen atoms in total. The molecule has 0 aromatic heterocycles.